The van der Waals surface area contributed by atoms with Crippen LogP contribution in [0.4, 0.5) is 0 Å². The summed E-state index contributed by atoms with van der Waals surface area (Å²) in [4.78, 5) is 6.70. The van der Waals surface area contributed by atoms with E-state index in [9.17, 15) is 5.11 Å². The molecule has 1 N–H and O–H groups in total. The fourth-order valence-electron chi connectivity index (χ4n) is 2.19. The number of rotatable bonds is 5. The molecule has 1 aliphatic rings. The van der Waals surface area contributed by atoms with E-state index in [1.165, 1.54) is 0 Å². The third-order valence-electron chi connectivity index (χ3n) is 3.75. The predicted molar refractivity (Wildman–Crippen MR) is 74.2 cm³/mol. The van der Waals surface area contributed by atoms with Crippen molar-refractivity contribution in [3.63, 3.8) is 0 Å². The molecule has 2 unspecified atom stereocenters. The maximum absolute atomic E-state index is 9.85. The molecule has 114 valence electrons. The minimum absolute atomic E-state index is 0.139. The van der Waals surface area contributed by atoms with Gasteiger partial charge in [0.2, 0.25) is 11.7 Å². The van der Waals surface area contributed by atoms with Crippen molar-refractivity contribution in [2.24, 2.45) is 5.92 Å². The van der Waals surface area contributed by atoms with Gasteiger partial charge in [-0.05, 0) is 19.8 Å². The van der Waals surface area contributed by atoms with Crippen molar-refractivity contribution in [1.29, 1.82) is 0 Å². The van der Waals surface area contributed by atoms with Gasteiger partial charge in [0.25, 0.3) is 0 Å². The van der Waals surface area contributed by atoms with E-state index in [1.54, 1.807) is 0 Å². The average Bonchev–Trinajstić information content (AvgIpc) is 2.87. The van der Waals surface area contributed by atoms with Crippen molar-refractivity contribution in [3.8, 4) is 0 Å². The van der Waals surface area contributed by atoms with Gasteiger partial charge in [-0.3, -0.25) is 4.90 Å². The molecule has 0 bridgehead atoms. The van der Waals surface area contributed by atoms with Crippen molar-refractivity contribution in [2.45, 2.75) is 52.4 Å². The lowest BCUT2D eigenvalue weighted by atomic mass is 10.0. The number of morpholine rings is 1. The number of nitrogens with zero attached hydrogens (tertiary/aromatic N) is 3. The SMILES string of the molecule is CC(C)C(O)Cc1nc(C2CN(C(C)C)CCO2)no1. The maximum atomic E-state index is 9.85. The Kier molecular flexibility index (Phi) is 5.12. The molecule has 0 radical (unpaired) electrons. The lowest BCUT2D eigenvalue weighted by Crippen LogP contribution is -2.42. The second kappa shape index (κ2) is 6.65. The van der Waals surface area contributed by atoms with Crippen LogP contribution in [0, 0.1) is 5.92 Å². The Bertz CT molecular complexity index is 420. The van der Waals surface area contributed by atoms with E-state index in [1.807, 2.05) is 13.8 Å². The fraction of sp³-hybridized carbons (Fsp3) is 0.857. The topological polar surface area (TPSA) is 71.6 Å². The van der Waals surface area contributed by atoms with Crippen LogP contribution in [-0.4, -0.2) is 52.0 Å². The first-order chi connectivity index (χ1) is 9.47. The number of aliphatic hydroxyl groups excluding tert-OH is 1. The third-order valence-corrected chi connectivity index (χ3v) is 3.75. The Labute approximate surface area is 120 Å². The van der Waals surface area contributed by atoms with Gasteiger partial charge in [0.15, 0.2) is 0 Å². The van der Waals surface area contributed by atoms with Crippen LogP contribution in [0.2, 0.25) is 0 Å². The molecule has 2 rings (SSSR count). The lowest BCUT2D eigenvalue weighted by Gasteiger charge is -2.34. The minimum atomic E-state index is -0.456. The summed E-state index contributed by atoms with van der Waals surface area (Å²) < 4.78 is 10.9. The number of aliphatic hydroxyl groups is 1. The second-order valence-electron chi connectivity index (χ2n) is 6.01. The molecule has 6 nitrogen and oxygen atoms in total. The monoisotopic (exact) mass is 283 g/mol. The molecular weight excluding hydrogens is 258 g/mol. The van der Waals surface area contributed by atoms with Crippen LogP contribution in [0.1, 0.15) is 45.5 Å². The second-order valence-corrected chi connectivity index (χ2v) is 6.01. The van der Waals surface area contributed by atoms with Crippen LogP contribution in [0.25, 0.3) is 0 Å². The highest BCUT2D eigenvalue weighted by Crippen LogP contribution is 2.21. The van der Waals surface area contributed by atoms with Gasteiger partial charge in [-0.2, -0.15) is 4.98 Å². The lowest BCUT2D eigenvalue weighted by molar-refractivity contribution is -0.0450. The largest absolute Gasteiger partial charge is 0.392 e. The number of aromatic nitrogens is 2. The summed E-state index contributed by atoms with van der Waals surface area (Å²) in [5, 5.41) is 13.8. The van der Waals surface area contributed by atoms with Crippen LogP contribution in [0.15, 0.2) is 4.52 Å². The summed E-state index contributed by atoms with van der Waals surface area (Å²) in [6.45, 7) is 10.7. The van der Waals surface area contributed by atoms with E-state index in [0.717, 1.165) is 13.1 Å². The summed E-state index contributed by atoms with van der Waals surface area (Å²) >= 11 is 0. The predicted octanol–water partition coefficient (Wildman–Crippen LogP) is 1.41. The summed E-state index contributed by atoms with van der Waals surface area (Å²) in [7, 11) is 0. The van der Waals surface area contributed by atoms with Gasteiger partial charge >= 0.3 is 0 Å². The van der Waals surface area contributed by atoms with Crippen molar-refractivity contribution in [1.82, 2.24) is 15.0 Å². The van der Waals surface area contributed by atoms with Gasteiger partial charge < -0.3 is 14.4 Å². The zero-order valence-corrected chi connectivity index (χ0v) is 12.7. The molecule has 0 spiro atoms. The number of hydrogen-bond donors (Lipinski definition) is 1. The van der Waals surface area contributed by atoms with Gasteiger partial charge in [0.05, 0.1) is 19.1 Å². The summed E-state index contributed by atoms with van der Waals surface area (Å²) in [5.74, 6) is 1.24. The van der Waals surface area contributed by atoms with Gasteiger partial charge in [0, 0.05) is 19.1 Å². The molecule has 1 aliphatic heterocycles. The Morgan fingerprint density at radius 1 is 1.35 bits per heavy atom. The van der Waals surface area contributed by atoms with Gasteiger partial charge in [-0.1, -0.05) is 19.0 Å². The first kappa shape index (κ1) is 15.4. The quantitative estimate of drug-likeness (QED) is 0.881. The van der Waals surface area contributed by atoms with Crippen molar-refractivity contribution >= 4 is 0 Å². The summed E-state index contributed by atoms with van der Waals surface area (Å²) in [5.41, 5.74) is 0. The average molecular weight is 283 g/mol. The molecule has 0 saturated carbocycles. The molecule has 1 saturated heterocycles. The standard InChI is InChI=1S/C14H25N3O3/c1-9(2)11(18)7-13-15-14(16-20-13)12-8-17(10(3)4)5-6-19-12/h9-12,18H,5-8H2,1-4H3. The molecule has 2 heterocycles. The Balaban J connectivity index is 1.97. The molecular formula is C14H25N3O3. The molecule has 2 atom stereocenters. The van der Waals surface area contributed by atoms with Crippen LogP contribution in [0.3, 0.4) is 0 Å². The van der Waals surface area contributed by atoms with Crippen LogP contribution in [0.5, 0.6) is 0 Å². The first-order valence-electron chi connectivity index (χ1n) is 7.33. The van der Waals surface area contributed by atoms with Gasteiger partial charge in [-0.25, -0.2) is 0 Å². The van der Waals surface area contributed by atoms with Crippen molar-refractivity contribution in [2.75, 3.05) is 19.7 Å². The van der Waals surface area contributed by atoms with E-state index < -0.39 is 6.10 Å². The van der Waals surface area contributed by atoms with E-state index in [-0.39, 0.29) is 12.0 Å². The molecule has 0 amide bonds. The van der Waals surface area contributed by atoms with Gasteiger partial charge in [0.1, 0.15) is 6.10 Å². The third kappa shape index (κ3) is 3.77. The first-order valence-corrected chi connectivity index (χ1v) is 7.33. The molecule has 0 aromatic carbocycles. The van der Waals surface area contributed by atoms with Crippen molar-refractivity contribution in [3.05, 3.63) is 11.7 Å². The molecule has 20 heavy (non-hydrogen) atoms. The van der Waals surface area contributed by atoms with E-state index >= 15 is 0 Å². The molecule has 1 aromatic heterocycles. The van der Waals surface area contributed by atoms with E-state index in [4.69, 9.17) is 9.26 Å². The summed E-state index contributed by atoms with van der Waals surface area (Å²) in [6, 6.07) is 0.482. The Morgan fingerprint density at radius 3 is 2.75 bits per heavy atom. The highest BCUT2D eigenvalue weighted by atomic mass is 16.5. The fourth-order valence-corrected chi connectivity index (χ4v) is 2.19. The number of hydrogen-bond acceptors (Lipinski definition) is 6. The summed E-state index contributed by atoms with van der Waals surface area (Å²) in [6.07, 6.45) is -0.201. The Morgan fingerprint density at radius 2 is 2.10 bits per heavy atom. The highest BCUT2D eigenvalue weighted by Gasteiger charge is 2.27. The molecule has 6 heteroatoms. The highest BCUT2D eigenvalue weighted by molar-refractivity contribution is 4.95. The van der Waals surface area contributed by atoms with Crippen LogP contribution in [-0.2, 0) is 11.2 Å². The van der Waals surface area contributed by atoms with Gasteiger partial charge in [-0.15, -0.1) is 0 Å². The maximum Gasteiger partial charge on any atom is 0.229 e. The van der Waals surface area contributed by atoms with E-state index in [0.29, 0.717) is 30.8 Å². The van der Waals surface area contributed by atoms with E-state index in [2.05, 4.69) is 28.9 Å². The molecule has 1 fully saturated rings. The number of ether oxygens (including phenoxy) is 1. The zero-order chi connectivity index (χ0) is 14.7. The molecule has 0 aliphatic carbocycles. The molecule has 1 aromatic rings. The normalized spacial score (nSPS) is 22.6. The smallest absolute Gasteiger partial charge is 0.229 e. The Hall–Kier alpha value is -0.980. The van der Waals surface area contributed by atoms with Crippen LogP contribution < -0.4 is 0 Å². The van der Waals surface area contributed by atoms with Crippen molar-refractivity contribution < 1.29 is 14.4 Å². The van der Waals surface area contributed by atoms with Crippen LogP contribution >= 0.6 is 0 Å². The zero-order valence-electron chi connectivity index (χ0n) is 12.7. The minimum Gasteiger partial charge on any atom is -0.392 e.